The minimum atomic E-state index is -1.41. The van der Waals surface area contributed by atoms with Gasteiger partial charge in [-0.25, -0.2) is 4.85 Å². The SMILES string of the molecule is [C-]#[N+]C1=CC2O[C@@H](O)C[C@]1(NOCc1ccccc1)C(O)[C@@H]2O. The van der Waals surface area contributed by atoms with Gasteiger partial charge in [-0.3, -0.25) is 4.84 Å². The lowest BCUT2D eigenvalue weighted by atomic mass is 9.78. The van der Waals surface area contributed by atoms with Crippen LogP contribution in [0.25, 0.3) is 4.85 Å². The molecule has 2 unspecified atom stereocenters. The molecule has 5 atom stereocenters. The van der Waals surface area contributed by atoms with Crippen LogP contribution < -0.4 is 5.48 Å². The Balaban J connectivity index is 1.82. The van der Waals surface area contributed by atoms with E-state index in [0.717, 1.165) is 5.56 Å². The van der Waals surface area contributed by atoms with Crippen molar-refractivity contribution in [2.45, 2.75) is 43.2 Å². The molecule has 1 saturated heterocycles. The molecule has 2 aliphatic heterocycles. The van der Waals surface area contributed by atoms with E-state index in [2.05, 4.69) is 10.3 Å². The highest BCUT2D eigenvalue weighted by Crippen LogP contribution is 2.40. The number of benzene rings is 1. The monoisotopic (exact) mass is 318 g/mol. The topological polar surface area (TPSA) is 95.5 Å². The van der Waals surface area contributed by atoms with Crippen LogP contribution >= 0.6 is 0 Å². The summed E-state index contributed by atoms with van der Waals surface area (Å²) in [6, 6.07) is 9.37. The van der Waals surface area contributed by atoms with Crippen LogP contribution in [0, 0.1) is 6.57 Å². The second-order valence-electron chi connectivity index (χ2n) is 5.71. The third-order valence-electron chi connectivity index (χ3n) is 4.21. The lowest BCUT2D eigenvalue weighted by molar-refractivity contribution is -0.144. The van der Waals surface area contributed by atoms with Crippen molar-refractivity contribution in [1.82, 2.24) is 5.48 Å². The molecule has 4 rings (SSSR count). The molecule has 1 aromatic carbocycles. The van der Waals surface area contributed by atoms with Crippen LogP contribution in [0.5, 0.6) is 0 Å². The summed E-state index contributed by atoms with van der Waals surface area (Å²) in [6.07, 6.45) is -3.43. The van der Waals surface area contributed by atoms with Gasteiger partial charge in [0.05, 0.1) is 25.4 Å². The summed E-state index contributed by atoms with van der Waals surface area (Å²) in [5, 5.41) is 30.5. The molecule has 7 heteroatoms. The van der Waals surface area contributed by atoms with Gasteiger partial charge in [-0.15, -0.1) is 0 Å². The largest absolute Gasteiger partial charge is 0.389 e. The summed E-state index contributed by atoms with van der Waals surface area (Å²) in [4.78, 5) is 8.87. The van der Waals surface area contributed by atoms with Crippen molar-refractivity contribution in [3.05, 3.63) is 59.1 Å². The minimum absolute atomic E-state index is 0.106. The molecule has 0 aromatic heterocycles. The molecule has 0 saturated carbocycles. The zero-order valence-electron chi connectivity index (χ0n) is 12.3. The number of aliphatic hydroxyl groups is 3. The Hall–Kier alpha value is -1.79. The smallest absolute Gasteiger partial charge is 0.189 e. The molecular weight excluding hydrogens is 300 g/mol. The first-order chi connectivity index (χ1) is 11.1. The zero-order valence-corrected chi connectivity index (χ0v) is 12.3. The van der Waals surface area contributed by atoms with E-state index in [0.29, 0.717) is 0 Å². The number of aliphatic hydroxyl groups excluding tert-OH is 3. The standard InChI is InChI=1S/C16H18N2O5/c1-17-12-7-11-14(20)15(21)16(12,8-13(19)23-11)18-22-9-10-5-3-2-4-6-10/h2-7,11,13-15,18-21H,8-9H2/t11?,13-,14-,15?,16-/m1/s1. The predicted octanol–water partition coefficient (Wildman–Crippen LogP) is 0.0925. The van der Waals surface area contributed by atoms with Crippen molar-refractivity contribution in [3.63, 3.8) is 0 Å². The van der Waals surface area contributed by atoms with Gasteiger partial charge in [0.15, 0.2) is 12.0 Å². The average Bonchev–Trinajstić information content (AvgIpc) is 2.75. The third-order valence-corrected chi connectivity index (χ3v) is 4.21. The molecule has 2 bridgehead atoms. The van der Waals surface area contributed by atoms with Crippen molar-refractivity contribution >= 4 is 0 Å². The van der Waals surface area contributed by atoms with E-state index in [1.807, 2.05) is 30.3 Å². The van der Waals surface area contributed by atoms with Crippen LogP contribution in [0.4, 0.5) is 0 Å². The molecule has 4 N–H and O–H groups in total. The zero-order chi connectivity index (χ0) is 16.4. The van der Waals surface area contributed by atoms with Crippen molar-refractivity contribution in [2.24, 2.45) is 0 Å². The maximum Gasteiger partial charge on any atom is 0.189 e. The average molecular weight is 318 g/mol. The first kappa shape index (κ1) is 16.1. The highest BCUT2D eigenvalue weighted by molar-refractivity contribution is 5.35. The Morgan fingerprint density at radius 3 is 2.74 bits per heavy atom. The van der Waals surface area contributed by atoms with Gasteiger partial charge in [0.1, 0.15) is 11.6 Å². The molecule has 122 valence electrons. The van der Waals surface area contributed by atoms with E-state index in [1.54, 1.807) is 0 Å². The van der Waals surface area contributed by atoms with Gasteiger partial charge < -0.3 is 20.1 Å². The van der Waals surface area contributed by atoms with Gasteiger partial charge in [0, 0.05) is 6.42 Å². The summed E-state index contributed by atoms with van der Waals surface area (Å²) in [5.74, 6) is 0. The van der Waals surface area contributed by atoms with Crippen molar-refractivity contribution in [2.75, 3.05) is 0 Å². The van der Waals surface area contributed by atoms with E-state index < -0.39 is 30.1 Å². The molecule has 0 amide bonds. The van der Waals surface area contributed by atoms with Gasteiger partial charge in [-0.1, -0.05) is 30.3 Å². The summed E-state index contributed by atoms with van der Waals surface area (Å²) < 4.78 is 5.24. The second-order valence-corrected chi connectivity index (χ2v) is 5.71. The summed E-state index contributed by atoms with van der Waals surface area (Å²) >= 11 is 0. The van der Waals surface area contributed by atoms with E-state index in [4.69, 9.17) is 16.1 Å². The third kappa shape index (κ3) is 2.88. The van der Waals surface area contributed by atoms with E-state index >= 15 is 0 Å². The second kappa shape index (κ2) is 6.37. The predicted molar refractivity (Wildman–Crippen MR) is 79.3 cm³/mol. The lowest BCUT2D eigenvalue weighted by Crippen LogP contribution is -2.62. The first-order valence-electron chi connectivity index (χ1n) is 7.29. The molecule has 7 nitrogen and oxygen atoms in total. The lowest BCUT2D eigenvalue weighted by Gasteiger charge is -2.41. The Morgan fingerprint density at radius 2 is 2.04 bits per heavy atom. The molecule has 23 heavy (non-hydrogen) atoms. The van der Waals surface area contributed by atoms with Crippen LogP contribution in [0.1, 0.15) is 12.0 Å². The van der Waals surface area contributed by atoms with Crippen molar-refractivity contribution in [3.8, 4) is 0 Å². The Morgan fingerprint density at radius 1 is 1.30 bits per heavy atom. The number of hydrogen-bond donors (Lipinski definition) is 4. The molecule has 1 fully saturated rings. The minimum Gasteiger partial charge on any atom is -0.389 e. The molecule has 1 aromatic rings. The van der Waals surface area contributed by atoms with Gasteiger partial charge >= 0.3 is 0 Å². The van der Waals surface area contributed by atoms with E-state index in [9.17, 15) is 15.3 Å². The fourth-order valence-corrected chi connectivity index (χ4v) is 2.99. The van der Waals surface area contributed by atoms with Crippen molar-refractivity contribution in [1.29, 1.82) is 0 Å². The maximum absolute atomic E-state index is 10.4. The summed E-state index contributed by atoms with van der Waals surface area (Å²) in [7, 11) is 0. The number of fused-ring (bicyclic) bond motifs is 3. The molecule has 2 heterocycles. The summed E-state index contributed by atoms with van der Waals surface area (Å²) in [5.41, 5.74) is 2.34. The number of hydrogen-bond acceptors (Lipinski definition) is 6. The Kier molecular flexibility index (Phi) is 4.46. The first-order valence-corrected chi connectivity index (χ1v) is 7.29. The van der Waals surface area contributed by atoms with Crippen LogP contribution in [0.2, 0.25) is 0 Å². The van der Waals surface area contributed by atoms with Crippen LogP contribution in [0.3, 0.4) is 0 Å². The van der Waals surface area contributed by atoms with Gasteiger partial charge in [-0.2, -0.15) is 5.48 Å². The molecule has 3 aliphatic rings. The highest BCUT2D eigenvalue weighted by atomic mass is 16.7. The molecule has 0 radical (unpaired) electrons. The number of nitrogens with zero attached hydrogens (tertiary/aromatic N) is 1. The van der Waals surface area contributed by atoms with E-state index in [1.165, 1.54) is 6.08 Å². The molecule has 0 spiro atoms. The van der Waals surface area contributed by atoms with E-state index in [-0.39, 0.29) is 18.7 Å². The number of ether oxygens (including phenoxy) is 1. The van der Waals surface area contributed by atoms with Gasteiger partial charge in [-0.05, 0) is 11.6 Å². The van der Waals surface area contributed by atoms with Crippen molar-refractivity contribution < 1.29 is 24.9 Å². The summed E-state index contributed by atoms with van der Waals surface area (Å²) in [6.45, 7) is 7.53. The fourth-order valence-electron chi connectivity index (χ4n) is 2.99. The Labute approximate surface area is 133 Å². The number of rotatable bonds is 4. The number of hydroxylamine groups is 1. The van der Waals surface area contributed by atoms with Crippen LogP contribution in [-0.4, -0.2) is 45.5 Å². The van der Waals surface area contributed by atoms with Gasteiger partial charge in [0.25, 0.3) is 0 Å². The highest BCUT2D eigenvalue weighted by Gasteiger charge is 2.55. The normalized spacial score (nSPS) is 36.2. The van der Waals surface area contributed by atoms with Crippen LogP contribution in [0.15, 0.2) is 42.1 Å². The molecular formula is C16H18N2O5. The van der Waals surface area contributed by atoms with Crippen LogP contribution in [-0.2, 0) is 16.2 Å². The quantitative estimate of drug-likeness (QED) is 0.464. The van der Waals surface area contributed by atoms with Gasteiger partial charge in [0.2, 0.25) is 0 Å². The molecule has 1 aliphatic carbocycles. The maximum atomic E-state index is 10.4. The number of nitrogens with one attached hydrogen (secondary N) is 1. The fraction of sp³-hybridized carbons (Fsp3) is 0.438. The Bertz CT molecular complexity index is 629.